The topological polar surface area (TPSA) is 3.24 Å². The lowest BCUT2D eigenvalue weighted by molar-refractivity contribution is 1.28. The number of nitrogens with zero attached hydrogens (tertiary/aromatic N) is 1. The van der Waals surface area contributed by atoms with Crippen LogP contribution in [0.2, 0.25) is 0 Å². The van der Waals surface area contributed by atoms with Gasteiger partial charge in [0.05, 0.1) is 0 Å². The van der Waals surface area contributed by atoms with Gasteiger partial charge in [0, 0.05) is 17.1 Å². The van der Waals surface area contributed by atoms with Gasteiger partial charge in [0.1, 0.15) is 0 Å². The zero-order valence-corrected chi connectivity index (χ0v) is 28.2. The second-order valence-corrected chi connectivity index (χ2v) is 13.0. The van der Waals surface area contributed by atoms with E-state index in [0.717, 1.165) is 17.1 Å². The van der Waals surface area contributed by atoms with E-state index >= 15 is 0 Å². The third kappa shape index (κ3) is 6.18. The molecule has 0 aliphatic rings. The molecule has 9 aromatic carbocycles. The molecule has 0 heterocycles. The Balaban J connectivity index is 0.982. The van der Waals surface area contributed by atoms with Crippen LogP contribution in [0, 0.1) is 0 Å². The predicted octanol–water partition coefficient (Wildman–Crippen LogP) is 14.1. The standard InChI is InChI=1S/C50H35N/c1-3-9-36(10-4-1)38-15-17-39(18-16-38)40-25-29-49(30-26-40)51(48-13-5-2-6-14-48)50-31-27-41(28-32-50)43-21-22-46-35-47(24-23-45(46)34-43)44-20-19-37-11-7-8-12-42(37)33-44/h1-35H. The number of anilines is 3. The lowest BCUT2D eigenvalue weighted by Gasteiger charge is -2.26. The highest BCUT2D eigenvalue weighted by atomic mass is 15.1. The largest absolute Gasteiger partial charge is 0.311 e. The predicted molar refractivity (Wildman–Crippen MR) is 218 cm³/mol. The molecule has 0 amide bonds. The monoisotopic (exact) mass is 649 g/mol. The van der Waals surface area contributed by atoms with Gasteiger partial charge in [0.25, 0.3) is 0 Å². The van der Waals surface area contributed by atoms with E-state index in [1.54, 1.807) is 0 Å². The van der Waals surface area contributed by atoms with Gasteiger partial charge in [-0.15, -0.1) is 0 Å². The molecule has 9 aromatic rings. The van der Waals surface area contributed by atoms with Gasteiger partial charge < -0.3 is 4.90 Å². The molecule has 1 nitrogen and oxygen atoms in total. The summed E-state index contributed by atoms with van der Waals surface area (Å²) in [7, 11) is 0. The van der Waals surface area contributed by atoms with Crippen molar-refractivity contribution < 1.29 is 0 Å². The van der Waals surface area contributed by atoms with Crippen LogP contribution < -0.4 is 4.90 Å². The SMILES string of the molecule is c1ccc(-c2ccc(-c3ccc(N(c4ccccc4)c4ccc(-c5ccc6cc(-c7ccc8ccccc8c7)ccc6c5)cc4)cc3)cc2)cc1. The molecule has 1 heteroatoms. The molecule has 0 spiro atoms. The number of benzene rings is 9. The number of hydrogen-bond donors (Lipinski definition) is 0. The first-order valence-electron chi connectivity index (χ1n) is 17.5. The van der Waals surface area contributed by atoms with Crippen molar-refractivity contribution in [1.82, 2.24) is 0 Å². The first-order valence-corrected chi connectivity index (χ1v) is 17.5. The molecule has 0 saturated carbocycles. The second kappa shape index (κ2) is 13.3. The van der Waals surface area contributed by atoms with E-state index in [0.29, 0.717) is 0 Å². The van der Waals surface area contributed by atoms with Gasteiger partial charge in [-0.3, -0.25) is 0 Å². The minimum absolute atomic E-state index is 1.12. The maximum atomic E-state index is 2.32. The molecule has 0 aliphatic heterocycles. The molecule has 240 valence electrons. The highest BCUT2D eigenvalue weighted by Gasteiger charge is 2.13. The van der Waals surface area contributed by atoms with Gasteiger partial charge >= 0.3 is 0 Å². The molecular weight excluding hydrogens is 615 g/mol. The minimum Gasteiger partial charge on any atom is -0.311 e. The summed E-state index contributed by atoms with van der Waals surface area (Å²) >= 11 is 0. The molecule has 0 bridgehead atoms. The van der Waals surface area contributed by atoms with Gasteiger partial charge in [-0.25, -0.2) is 0 Å². The van der Waals surface area contributed by atoms with Crippen LogP contribution in [0.1, 0.15) is 0 Å². The Bertz CT molecular complexity index is 2590. The van der Waals surface area contributed by atoms with Crippen molar-refractivity contribution in [1.29, 1.82) is 0 Å². The number of hydrogen-bond acceptors (Lipinski definition) is 1. The number of fused-ring (bicyclic) bond motifs is 2. The molecule has 0 fully saturated rings. The molecule has 0 radical (unpaired) electrons. The quantitative estimate of drug-likeness (QED) is 0.166. The summed E-state index contributed by atoms with van der Waals surface area (Å²) < 4.78 is 0. The van der Waals surface area contributed by atoms with Crippen LogP contribution in [0.3, 0.4) is 0 Å². The molecule has 0 atom stereocenters. The fourth-order valence-corrected chi connectivity index (χ4v) is 7.09. The fourth-order valence-electron chi connectivity index (χ4n) is 7.09. The number of rotatable bonds is 7. The van der Waals surface area contributed by atoms with E-state index in [1.807, 2.05) is 0 Å². The average molecular weight is 650 g/mol. The normalized spacial score (nSPS) is 11.1. The summed E-state index contributed by atoms with van der Waals surface area (Å²) in [4.78, 5) is 2.32. The van der Waals surface area contributed by atoms with E-state index in [2.05, 4.69) is 217 Å². The van der Waals surface area contributed by atoms with Gasteiger partial charge in [-0.2, -0.15) is 0 Å². The Labute approximate surface area is 299 Å². The first-order chi connectivity index (χ1) is 25.2. The van der Waals surface area contributed by atoms with E-state index in [9.17, 15) is 0 Å². The van der Waals surface area contributed by atoms with E-state index in [4.69, 9.17) is 0 Å². The molecule has 51 heavy (non-hydrogen) atoms. The van der Waals surface area contributed by atoms with Crippen molar-refractivity contribution in [2.75, 3.05) is 4.90 Å². The maximum absolute atomic E-state index is 2.32. The van der Waals surface area contributed by atoms with Crippen molar-refractivity contribution >= 4 is 38.6 Å². The highest BCUT2D eigenvalue weighted by Crippen LogP contribution is 2.37. The smallest absolute Gasteiger partial charge is 0.0462 e. The maximum Gasteiger partial charge on any atom is 0.0462 e. The molecule has 0 N–H and O–H groups in total. The van der Waals surface area contributed by atoms with Crippen molar-refractivity contribution in [3.63, 3.8) is 0 Å². The van der Waals surface area contributed by atoms with Crippen molar-refractivity contribution in [2.24, 2.45) is 0 Å². The summed E-state index contributed by atoms with van der Waals surface area (Å²) in [5.74, 6) is 0. The molecule has 0 aliphatic carbocycles. The zero-order chi connectivity index (χ0) is 34.0. The lowest BCUT2D eigenvalue weighted by atomic mass is 9.96. The molecular formula is C50H35N. The van der Waals surface area contributed by atoms with Crippen LogP contribution in [0.25, 0.3) is 66.1 Å². The second-order valence-electron chi connectivity index (χ2n) is 13.0. The van der Waals surface area contributed by atoms with Crippen molar-refractivity contribution in [2.45, 2.75) is 0 Å². The van der Waals surface area contributed by atoms with E-state index in [1.165, 1.54) is 66.1 Å². The highest BCUT2D eigenvalue weighted by molar-refractivity contribution is 5.93. The van der Waals surface area contributed by atoms with Gasteiger partial charge in [0.2, 0.25) is 0 Å². The van der Waals surface area contributed by atoms with Gasteiger partial charge in [0.15, 0.2) is 0 Å². The third-order valence-electron chi connectivity index (χ3n) is 9.85. The Morgan fingerprint density at radius 2 is 0.490 bits per heavy atom. The van der Waals surface area contributed by atoms with Crippen LogP contribution in [0.15, 0.2) is 212 Å². The van der Waals surface area contributed by atoms with Gasteiger partial charge in [-0.05, 0) is 121 Å². The van der Waals surface area contributed by atoms with Crippen LogP contribution >= 0.6 is 0 Å². The molecule has 0 saturated heterocycles. The Hall–Kier alpha value is -6.70. The van der Waals surface area contributed by atoms with E-state index in [-0.39, 0.29) is 0 Å². The zero-order valence-electron chi connectivity index (χ0n) is 28.2. The van der Waals surface area contributed by atoms with E-state index < -0.39 is 0 Å². The van der Waals surface area contributed by atoms with Crippen molar-refractivity contribution in [3.05, 3.63) is 212 Å². The number of para-hydroxylation sites is 1. The lowest BCUT2D eigenvalue weighted by Crippen LogP contribution is -2.09. The van der Waals surface area contributed by atoms with Crippen LogP contribution in [0.4, 0.5) is 17.1 Å². The van der Waals surface area contributed by atoms with Crippen LogP contribution in [-0.2, 0) is 0 Å². The Kier molecular flexibility index (Phi) is 7.92. The Morgan fingerprint density at radius 1 is 0.196 bits per heavy atom. The minimum atomic E-state index is 1.12. The summed E-state index contributed by atoms with van der Waals surface area (Å²) in [6.45, 7) is 0. The van der Waals surface area contributed by atoms with Crippen molar-refractivity contribution in [3.8, 4) is 44.5 Å². The molecule has 9 rings (SSSR count). The fraction of sp³-hybridized carbons (Fsp3) is 0. The molecule has 0 aromatic heterocycles. The van der Waals surface area contributed by atoms with Crippen LogP contribution in [0.5, 0.6) is 0 Å². The summed E-state index contributed by atoms with van der Waals surface area (Å²) in [5, 5.41) is 5.01. The molecule has 0 unspecified atom stereocenters. The summed E-state index contributed by atoms with van der Waals surface area (Å²) in [5.41, 5.74) is 13.1. The average Bonchev–Trinajstić information content (AvgIpc) is 3.22. The third-order valence-corrected chi connectivity index (χ3v) is 9.85. The summed E-state index contributed by atoms with van der Waals surface area (Å²) in [6.07, 6.45) is 0. The van der Waals surface area contributed by atoms with Gasteiger partial charge in [-0.1, -0.05) is 158 Å². The van der Waals surface area contributed by atoms with Crippen LogP contribution in [-0.4, -0.2) is 0 Å². The first kappa shape index (κ1) is 30.4. The summed E-state index contributed by atoms with van der Waals surface area (Å²) in [6, 6.07) is 76.6. The Morgan fingerprint density at radius 3 is 1.00 bits per heavy atom.